The minimum Gasteiger partial charge on any atom is -0.329 e. The van der Waals surface area contributed by atoms with Crippen LogP contribution in [0.5, 0.6) is 0 Å². The Morgan fingerprint density at radius 2 is 2.11 bits per heavy atom. The predicted octanol–water partition coefficient (Wildman–Crippen LogP) is 2.86. The molecule has 3 aliphatic heterocycles. The smallest absolute Gasteiger partial charge is 0.252 e. The molecule has 10 nitrogen and oxygen atoms in total. The zero-order valence-corrected chi connectivity index (χ0v) is 22.7. The van der Waals surface area contributed by atoms with E-state index in [1.165, 1.54) is 15.6 Å². The number of rotatable bonds is 7. The first-order valence-electron chi connectivity index (χ1n) is 12.2. The van der Waals surface area contributed by atoms with E-state index in [1.54, 1.807) is 4.68 Å². The van der Waals surface area contributed by atoms with Gasteiger partial charge in [0, 0.05) is 44.6 Å². The molecule has 5 heterocycles. The van der Waals surface area contributed by atoms with Crippen molar-refractivity contribution in [2.45, 2.75) is 37.4 Å². The van der Waals surface area contributed by atoms with Crippen molar-refractivity contribution in [3.8, 4) is 0 Å². The van der Waals surface area contributed by atoms with Gasteiger partial charge >= 0.3 is 0 Å². The van der Waals surface area contributed by atoms with Gasteiger partial charge in [-0.3, -0.25) is 9.67 Å². The number of aromatic nitrogens is 2. The van der Waals surface area contributed by atoms with E-state index in [0.29, 0.717) is 29.7 Å². The Hall–Kier alpha value is -2.80. The number of amidine groups is 2. The average molecular weight is 529 g/mol. The fraction of sp³-hybridized carbons (Fsp3) is 0.458. The standard InChI is InChI=1S/C24H32N8O2S2/c1-5-31(6-2)36(33,34)24-16(3)10-21(35-24)29-22-23-26-13-20(18-12-27-30(4)14-18)32(23)15-19(28-22)17-8-7-9-25-11-17/h8,10,12,14-15,20,25H,5-7,9,11,13H2,1-4H3,(H,28,29). The van der Waals surface area contributed by atoms with Crippen molar-refractivity contribution in [1.29, 1.82) is 0 Å². The van der Waals surface area contributed by atoms with Gasteiger partial charge in [-0.05, 0) is 37.1 Å². The average Bonchev–Trinajstić information content (AvgIpc) is 3.58. The Morgan fingerprint density at radius 1 is 1.31 bits per heavy atom. The molecule has 0 radical (unpaired) electrons. The van der Waals surface area contributed by atoms with E-state index in [-0.39, 0.29) is 6.04 Å². The van der Waals surface area contributed by atoms with E-state index < -0.39 is 10.0 Å². The van der Waals surface area contributed by atoms with Crippen molar-refractivity contribution in [2.75, 3.05) is 38.0 Å². The Labute approximate surface area is 216 Å². The second kappa shape index (κ2) is 9.92. The maximum atomic E-state index is 13.2. The molecule has 1 unspecified atom stereocenters. The van der Waals surface area contributed by atoms with Gasteiger partial charge < -0.3 is 15.5 Å². The summed E-state index contributed by atoms with van der Waals surface area (Å²) in [5.74, 6) is 1.37. The minimum absolute atomic E-state index is 0.0248. The van der Waals surface area contributed by atoms with Crippen molar-refractivity contribution in [2.24, 2.45) is 17.0 Å². The quantitative estimate of drug-likeness (QED) is 0.572. The Balaban J connectivity index is 1.49. The van der Waals surface area contributed by atoms with Crippen LogP contribution in [0.4, 0.5) is 5.00 Å². The van der Waals surface area contributed by atoms with Gasteiger partial charge in [-0.15, -0.1) is 11.3 Å². The van der Waals surface area contributed by atoms with Crippen molar-refractivity contribution in [1.82, 2.24) is 24.3 Å². The molecule has 2 N–H and O–H groups in total. The molecule has 3 aliphatic rings. The van der Waals surface area contributed by atoms with Crippen LogP contribution in [0.3, 0.4) is 0 Å². The maximum Gasteiger partial charge on any atom is 0.252 e. The van der Waals surface area contributed by atoms with Crippen LogP contribution in [0.15, 0.2) is 56.2 Å². The van der Waals surface area contributed by atoms with Gasteiger partial charge in [0.05, 0.1) is 29.5 Å². The number of nitrogens with zero attached hydrogens (tertiary/aromatic N) is 6. The van der Waals surface area contributed by atoms with E-state index in [0.717, 1.165) is 52.7 Å². The van der Waals surface area contributed by atoms with Gasteiger partial charge in [0.2, 0.25) is 0 Å². The zero-order valence-electron chi connectivity index (χ0n) is 21.0. The van der Waals surface area contributed by atoms with Crippen LogP contribution in [0, 0.1) is 6.92 Å². The van der Waals surface area contributed by atoms with E-state index in [2.05, 4.69) is 32.9 Å². The molecule has 1 atom stereocenters. The molecule has 5 rings (SSSR count). The topological polar surface area (TPSA) is 107 Å². The van der Waals surface area contributed by atoms with Gasteiger partial charge in [0.25, 0.3) is 10.0 Å². The van der Waals surface area contributed by atoms with Crippen LogP contribution in [-0.4, -0.2) is 71.8 Å². The largest absolute Gasteiger partial charge is 0.329 e. The highest BCUT2D eigenvalue weighted by Crippen LogP contribution is 2.35. The zero-order chi connectivity index (χ0) is 25.4. The van der Waals surface area contributed by atoms with Gasteiger partial charge in [0.1, 0.15) is 4.21 Å². The fourth-order valence-corrected chi connectivity index (χ4v) is 7.90. The fourth-order valence-electron chi connectivity index (χ4n) is 4.71. The minimum atomic E-state index is -3.55. The van der Waals surface area contributed by atoms with E-state index in [9.17, 15) is 8.42 Å². The van der Waals surface area contributed by atoms with Crippen LogP contribution >= 0.6 is 11.3 Å². The molecule has 0 saturated heterocycles. The molecular formula is C24H32N8O2S2. The molecule has 12 heteroatoms. The summed E-state index contributed by atoms with van der Waals surface area (Å²) in [6, 6.07) is 1.90. The number of aliphatic imine (C=N–C) groups is 2. The second-order valence-corrected chi connectivity index (χ2v) is 12.2. The molecular weight excluding hydrogens is 496 g/mol. The molecule has 0 aromatic carbocycles. The molecule has 0 saturated carbocycles. The van der Waals surface area contributed by atoms with Crippen molar-refractivity contribution in [3.05, 3.63) is 53.1 Å². The summed E-state index contributed by atoms with van der Waals surface area (Å²) in [5, 5.41) is 11.9. The number of anilines is 1. The van der Waals surface area contributed by atoms with Gasteiger partial charge in [-0.1, -0.05) is 19.9 Å². The van der Waals surface area contributed by atoms with Crippen LogP contribution in [0.25, 0.3) is 0 Å². The summed E-state index contributed by atoms with van der Waals surface area (Å²) in [5.41, 5.74) is 3.83. The van der Waals surface area contributed by atoms with Crippen LogP contribution < -0.4 is 10.6 Å². The summed E-state index contributed by atoms with van der Waals surface area (Å²) in [4.78, 5) is 11.9. The summed E-state index contributed by atoms with van der Waals surface area (Å²) in [6.07, 6.45) is 9.15. The first-order valence-corrected chi connectivity index (χ1v) is 14.5. The number of hydrogen-bond donors (Lipinski definition) is 2. The Kier molecular flexibility index (Phi) is 6.86. The number of hydrogen-bond acceptors (Lipinski definition) is 9. The molecule has 0 spiro atoms. The van der Waals surface area contributed by atoms with Crippen LogP contribution in [0.1, 0.15) is 37.4 Å². The lowest BCUT2D eigenvalue weighted by atomic mass is 10.1. The lowest BCUT2D eigenvalue weighted by Crippen LogP contribution is -2.38. The normalized spacial score (nSPS) is 20.1. The number of nitrogens with one attached hydrogen (secondary N) is 2. The third kappa shape index (κ3) is 4.54. The number of aryl methyl sites for hydroxylation is 2. The maximum absolute atomic E-state index is 13.2. The Morgan fingerprint density at radius 3 is 2.78 bits per heavy atom. The highest BCUT2D eigenvalue weighted by molar-refractivity contribution is 7.91. The van der Waals surface area contributed by atoms with Crippen LogP contribution in [-0.2, 0) is 17.1 Å². The lowest BCUT2D eigenvalue weighted by Gasteiger charge is -2.29. The lowest BCUT2D eigenvalue weighted by molar-refractivity contribution is 0.446. The molecule has 36 heavy (non-hydrogen) atoms. The highest BCUT2D eigenvalue weighted by atomic mass is 32.2. The summed E-state index contributed by atoms with van der Waals surface area (Å²) >= 11 is 1.24. The SMILES string of the molecule is CCN(CC)S(=O)(=O)c1sc(NC2=NC(C3=CCCNC3)=CN3C2=NCC3c2cnn(C)c2)cc1C. The first-order chi connectivity index (χ1) is 17.3. The number of fused-ring (bicyclic) bond motifs is 1. The molecule has 0 bridgehead atoms. The Bertz CT molecular complexity index is 1380. The van der Waals surface area contributed by atoms with E-state index >= 15 is 0 Å². The summed E-state index contributed by atoms with van der Waals surface area (Å²) < 4.78 is 30.0. The highest BCUT2D eigenvalue weighted by Gasteiger charge is 2.35. The molecule has 0 amide bonds. The molecule has 2 aromatic rings. The third-order valence-corrected chi connectivity index (χ3v) is 10.4. The molecule has 192 valence electrons. The molecule has 2 aromatic heterocycles. The predicted molar refractivity (Wildman–Crippen MR) is 144 cm³/mol. The van der Waals surface area contributed by atoms with E-state index in [4.69, 9.17) is 9.98 Å². The monoisotopic (exact) mass is 528 g/mol. The molecule has 0 aliphatic carbocycles. The summed E-state index contributed by atoms with van der Waals surface area (Å²) in [7, 11) is -1.64. The number of sulfonamides is 1. The van der Waals surface area contributed by atoms with Gasteiger partial charge in [0.15, 0.2) is 11.7 Å². The van der Waals surface area contributed by atoms with Crippen LogP contribution in [0.2, 0.25) is 0 Å². The van der Waals surface area contributed by atoms with Gasteiger partial charge in [-0.2, -0.15) is 9.40 Å². The first kappa shape index (κ1) is 24.9. The van der Waals surface area contributed by atoms with Crippen molar-refractivity contribution < 1.29 is 8.42 Å². The van der Waals surface area contributed by atoms with Gasteiger partial charge in [-0.25, -0.2) is 13.4 Å². The van der Waals surface area contributed by atoms with Crippen molar-refractivity contribution in [3.63, 3.8) is 0 Å². The van der Waals surface area contributed by atoms with E-state index in [1.807, 2.05) is 46.3 Å². The third-order valence-electron chi connectivity index (χ3n) is 6.56. The summed E-state index contributed by atoms with van der Waals surface area (Å²) in [6.45, 7) is 8.72. The number of thiophene rings is 1. The molecule has 0 fully saturated rings. The second-order valence-electron chi connectivity index (χ2n) is 9.00. The van der Waals surface area contributed by atoms with Crippen molar-refractivity contribution >= 4 is 38.0 Å².